The molecule has 0 radical (unpaired) electrons. The summed E-state index contributed by atoms with van der Waals surface area (Å²) in [6.45, 7) is 10.7. The molecular weight excluding hydrogens is 234 g/mol. The second kappa shape index (κ2) is 5.43. The highest BCUT2D eigenvalue weighted by molar-refractivity contribution is 6.21. The van der Waals surface area contributed by atoms with E-state index in [-0.39, 0.29) is 11.9 Å². The quantitative estimate of drug-likeness (QED) is 0.741. The van der Waals surface area contributed by atoms with Gasteiger partial charge in [0.15, 0.2) is 0 Å². The van der Waals surface area contributed by atoms with E-state index in [9.17, 15) is 4.79 Å². The highest BCUT2D eigenvalue weighted by Crippen LogP contribution is 2.29. The van der Waals surface area contributed by atoms with E-state index >= 15 is 0 Å². The van der Waals surface area contributed by atoms with Crippen LogP contribution in [0.15, 0.2) is 42.5 Å². The van der Waals surface area contributed by atoms with Gasteiger partial charge in [-0.2, -0.15) is 0 Å². The van der Waals surface area contributed by atoms with Crippen LogP contribution < -0.4 is 0 Å². The van der Waals surface area contributed by atoms with Gasteiger partial charge < -0.3 is 4.90 Å². The van der Waals surface area contributed by atoms with Crippen LogP contribution >= 0.6 is 0 Å². The van der Waals surface area contributed by atoms with Crippen LogP contribution in [0, 0.1) is 0 Å². The van der Waals surface area contributed by atoms with E-state index in [1.54, 1.807) is 6.08 Å². The van der Waals surface area contributed by atoms with Crippen LogP contribution in [-0.2, 0) is 11.2 Å². The van der Waals surface area contributed by atoms with Gasteiger partial charge >= 0.3 is 0 Å². The Morgan fingerprint density at radius 3 is 2.68 bits per heavy atom. The van der Waals surface area contributed by atoms with Gasteiger partial charge in [-0.15, -0.1) is 0 Å². The highest BCUT2D eigenvalue weighted by Gasteiger charge is 2.27. The maximum atomic E-state index is 12.8. The van der Waals surface area contributed by atoms with Crippen LogP contribution in [0.5, 0.6) is 0 Å². The first-order valence-corrected chi connectivity index (χ1v) is 6.78. The van der Waals surface area contributed by atoms with Crippen molar-refractivity contribution >= 4 is 11.5 Å². The first-order valence-electron chi connectivity index (χ1n) is 6.78. The lowest BCUT2D eigenvalue weighted by Crippen LogP contribution is -2.37. The molecule has 1 aliphatic rings. The molecule has 0 saturated carbocycles. The van der Waals surface area contributed by atoms with Crippen molar-refractivity contribution in [3.63, 3.8) is 0 Å². The maximum absolute atomic E-state index is 12.8. The molecule has 0 unspecified atom stereocenters. The number of fused-ring (bicyclic) bond motifs is 1. The average Bonchev–Trinajstić information content (AvgIpc) is 2.54. The lowest BCUT2D eigenvalue weighted by molar-refractivity contribution is -0.126. The summed E-state index contributed by atoms with van der Waals surface area (Å²) < 4.78 is 0. The Balaban J connectivity index is 2.63. The number of benzene rings is 1. The Morgan fingerprint density at radius 2 is 2.05 bits per heavy atom. The Kier molecular flexibility index (Phi) is 3.89. The SMILES string of the molecule is C=C/C(C)=C1/C(=O)N(C(C)C)CCc2ccccc21. The van der Waals surface area contributed by atoms with Crippen molar-refractivity contribution in [2.75, 3.05) is 6.54 Å². The van der Waals surface area contributed by atoms with Crippen molar-refractivity contribution in [3.05, 3.63) is 53.6 Å². The predicted octanol–water partition coefficient (Wildman–Crippen LogP) is 3.44. The third-order valence-corrected chi connectivity index (χ3v) is 3.71. The van der Waals surface area contributed by atoms with Gasteiger partial charge in [0, 0.05) is 18.2 Å². The number of nitrogens with zero attached hydrogens (tertiary/aromatic N) is 1. The van der Waals surface area contributed by atoms with Gasteiger partial charge in [0.2, 0.25) is 0 Å². The standard InChI is InChI=1S/C17H21NO/c1-5-13(4)16-15-9-7-6-8-14(15)10-11-18(12(2)3)17(16)19/h5-9,12H,1,10-11H2,2-4H3/b16-13+. The van der Waals surface area contributed by atoms with Gasteiger partial charge in [0.25, 0.3) is 5.91 Å². The molecular formula is C17H21NO. The maximum Gasteiger partial charge on any atom is 0.254 e. The van der Waals surface area contributed by atoms with Crippen LogP contribution in [0.3, 0.4) is 0 Å². The van der Waals surface area contributed by atoms with E-state index in [4.69, 9.17) is 0 Å². The molecule has 0 fully saturated rings. The molecule has 0 aliphatic carbocycles. The van der Waals surface area contributed by atoms with Crippen LogP contribution in [0.2, 0.25) is 0 Å². The molecule has 19 heavy (non-hydrogen) atoms. The van der Waals surface area contributed by atoms with E-state index in [1.165, 1.54) is 5.56 Å². The van der Waals surface area contributed by atoms with Gasteiger partial charge in [-0.3, -0.25) is 4.79 Å². The smallest absolute Gasteiger partial charge is 0.254 e. The molecule has 0 atom stereocenters. The molecule has 2 nitrogen and oxygen atoms in total. The lowest BCUT2D eigenvalue weighted by Gasteiger charge is -2.26. The number of carbonyl (C=O) groups excluding carboxylic acids is 1. The molecule has 0 aromatic heterocycles. The van der Waals surface area contributed by atoms with E-state index in [0.717, 1.165) is 29.7 Å². The number of amides is 1. The molecule has 2 rings (SSSR count). The van der Waals surface area contributed by atoms with Crippen LogP contribution in [-0.4, -0.2) is 23.4 Å². The fourth-order valence-corrected chi connectivity index (χ4v) is 2.56. The Morgan fingerprint density at radius 1 is 1.37 bits per heavy atom. The number of hydrogen-bond donors (Lipinski definition) is 0. The third kappa shape index (κ3) is 2.48. The summed E-state index contributed by atoms with van der Waals surface area (Å²) in [7, 11) is 0. The van der Waals surface area contributed by atoms with Crippen molar-refractivity contribution in [3.8, 4) is 0 Å². The molecule has 1 heterocycles. The van der Waals surface area contributed by atoms with Gasteiger partial charge in [-0.1, -0.05) is 36.9 Å². The van der Waals surface area contributed by atoms with Crippen LogP contribution in [0.4, 0.5) is 0 Å². The summed E-state index contributed by atoms with van der Waals surface area (Å²) >= 11 is 0. The Bertz CT molecular complexity index is 540. The second-order valence-electron chi connectivity index (χ2n) is 5.26. The number of allylic oxidation sites excluding steroid dienone is 2. The Labute approximate surface area is 115 Å². The van der Waals surface area contributed by atoms with E-state index in [0.29, 0.717) is 0 Å². The lowest BCUT2D eigenvalue weighted by atomic mass is 9.95. The summed E-state index contributed by atoms with van der Waals surface area (Å²) in [6.07, 6.45) is 2.68. The van der Waals surface area contributed by atoms with E-state index < -0.39 is 0 Å². The Hall–Kier alpha value is -1.83. The minimum atomic E-state index is 0.123. The van der Waals surface area contributed by atoms with Crippen molar-refractivity contribution in [1.82, 2.24) is 4.90 Å². The zero-order valence-corrected chi connectivity index (χ0v) is 11.9. The minimum absolute atomic E-state index is 0.123. The van der Waals surface area contributed by atoms with Crippen LogP contribution in [0.1, 0.15) is 31.9 Å². The topological polar surface area (TPSA) is 20.3 Å². The summed E-state index contributed by atoms with van der Waals surface area (Å²) in [5, 5.41) is 0. The first kappa shape index (κ1) is 13.6. The highest BCUT2D eigenvalue weighted by atomic mass is 16.2. The molecule has 0 bridgehead atoms. The predicted molar refractivity (Wildman–Crippen MR) is 79.8 cm³/mol. The van der Waals surface area contributed by atoms with Gasteiger partial charge in [-0.05, 0) is 43.9 Å². The number of rotatable bonds is 2. The average molecular weight is 255 g/mol. The summed E-state index contributed by atoms with van der Waals surface area (Å²) in [6, 6.07) is 8.40. The number of hydrogen-bond acceptors (Lipinski definition) is 1. The third-order valence-electron chi connectivity index (χ3n) is 3.71. The summed E-state index contributed by atoms with van der Waals surface area (Å²) in [5.41, 5.74) is 4.06. The fourth-order valence-electron chi connectivity index (χ4n) is 2.56. The van der Waals surface area contributed by atoms with Gasteiger partial charge in [0.1, 0.15) is 0 Å². The van der Waals surface area contributed by atoms with Gasteiger partial charge in [0.05, 0.1) is 0 Å². The van der Waals surface area contributed by atoms with Crippen LogP contribution in [0.25, 0.3) is 5.57 Å². The second-order valence-corrected chi connectivity index (χ2v) is 5.26. The fraction of sp³-hybridized carbons (Fsp3) is 0.353. The largest absolute Gasteiger partial charge is 0.336 e. The molecule has 1 aliphatic heterocycles. The number of carbonyl (C=O) groups is 1. The molecule has 0 N–H and O–H groups in total. The van der Waals surface area contributed by atoms with Gasteiger partial charge in [-0.25, -0.2) is 0 Å². The summed E-state index contributed by atoms with van der Waals surface area (Å²) in [5.74, 6) is 0.123. The first-order chi connectivity index (χ1) is 9.06. The zero-order chi connectivity index (χ0) is 14.0. The molecule has 0 spiro atoms. The summed E-state index contributed by atoms with van der Waals surface area (Å²) in [4.78, 5) is 14.7. The molecule has 1 amide bonds. The molecule has 1 aromatic rings. The molecule has 2 heteroatoms. The monoisotopic (exact) mass is 255 g/mol. The van der Waals surface area contributed by atoms with Crippen molar-refractivity contribution in [2.45, 2.75) is 33.2 Å². The van der Waals surface area contributed by atoms with E-state index in [1.807, 2.05) is 30.0 Å². The normalized spacial score (nSPS) is 18.1. The molecule has 1 aromatic carbocycles. The van der Waals surface area contributed by atoms with Crippen molar-refractivity contribution in [1.29, 1.82) is 0 Å². The van der Waals surface area contributed by atoms with Crippen molar-refractivity contribution in [2.24, 2.45) is 0 Å². The van der Waals surface area contributed by atoms with E-state index in [2.05, 4.69) is 26.5 Å². The molecule has 100 valence electrons. The minimum Gasteiger partial charge on any atom is -0.336 e. The molecule has 0 saturated heterocycles. The van der Waals surface area contributed by atoms with Crippen molar-refractivity contribution < 1.29 is 4.79 Å². The zero-order valence-electron chi connectivity index (χ0n) is 11.9.